The molecule has 7 rings (SSSR count). The van der Waals surface area contributed by atoms with E-state index in [1.807, 2.05) is 12.1 Å². The Kier molecular flexibility index (Phi) is 12.6. The molecule has 2 aliphatic heterocycles. The van der Waals surface area contributed by atoms with Crippen LogP contribution in [0.25, 0.3) is 33.6 Å². The summed E-state index contributed by atoms with van der Waals surface area (Å²) in [6.07, 6.45) is 10.1. The van der Waals surface area contributed by atoms with E-state index in [9.17, 15) is 14.4 Å². The Morgan fingerprint density at radius 1 is 0.845 bits per heavy atom. The molecule has 2 aromatic carbocycles. The average Bonchev–Trinajstić information content (AvgIpc) is 4.11. The number of aromatic amines is 2. The van der Waals surface area contributed by atoms with E-state index >= 15 is 0 Å². The third kappa shape index (κ3) is 8.79. The number of amides is 3. The summed E-state index contributed by atoms with van der Waals surface area (Å²) in [5.74, 6) is 1.03. The quantitative estimate of drug-likeness (QED) is 0.0556. The van der Waals surface area contributed by atoms with Crippen molar-refractivity contribution in [1.29, 1.82) is 0 Å². The lowest BCUT2D eigenvalue weighted by atomic mass is 10.0. The van der Waals surface area contributed by atoms with Crippen molar-refractivity contribution in [2.24, 2.45) is 4.99 Å². The van der Waals surface area contributed by atoms with Crippen LogP contribution >= 0.6 is 0 Å². The van der Waals surface area contributed by atoms with Crippen LogP contribution in [0.5, 0.6) is 0 Å². The maximum Gasteiger partial charge on any atom is 0.407 e. The largest absolute Gasteiger partial charge is 0.453 e. The van der Waals surface area contributed by atoms with Crippen molar-refractivity contribution in [3.63, 3.8) is 0 Å². The summed E-state index contributed by atoms with van der Waals surface area (Å²) in [4.78, 5) is 73.0. The van der Waals surface area contributed by atoms with Gasteiger partial charge in [0.25, 0.3) is 5.91 Å². The van der Waals surface area contributed by atoms with E-state index in [2.05, 4.69) is 76.6 Å². The van der Waals surface area contributed by atoms with Crippen LogP contribution < -0.4 is 5.32 Å². The van der Waals surface area contributed by atoms with E-state index < -0.39 is 24.3 Å². The first kappa shape index (κ1) is 39.9. The number of methoxy groups -OCH3 is 2. The molecule has 5 aromatic rings. The number of H-pyrrole nitrogens is 2. The molecule has 58 heavy (non-hydrogen) atoms. The zero-order chi connectivity index (χ0) is 40.6. The van der Waals surface area contributed by atoms with Crippen LogP contribution in [0.1, 0.15) is 56.3 Å². The van der Waals surface area contributed by atoms with Crippen molar-refractivity contribution in [3.8, 4) is 33.6 Å². The van der Waals surface area contributed by atoms with Crippen LogP contribution in [0.4, 0.5) is 4.79 Å². The number of carbonyl (C=O) groups excluding carboxylic acids is 3. The van der Waals surface area contributed by atoms with Gasteiger partial charge in [0, 0.05) is 32.6 Å². The number of aromatic nitrogens is 6. The number of aliphatic imine (C=N–C) groups is 1. The zero-order valence-corrected chi connectivity index (χ0v) is 32.9. The number of carbonyl (C=O) groups is 3. The summed E-state index contributed by atoms with van der Waals surface area (Å²) < 4.78 is 11.8. The molecule has 0 aliphatic carbocycles. The van der Waals surface area contributed by atoms with Gasteiger partial charge in [-0.1, -0.05) is 48.5 Å². The number of alkyl carbamates (subject to hydrolysis) is 1. The normalized spacial score (nSPS) is 18.3. The monoisotopic (exact) mass is 792 g/mol. The second kappa shape index (κ2) is 18.3. The lowest BCUT2D eigenvalue weighted by molar-refractivity contribution is -0.188. The summed E-state index contributed by atoms with van der Waals surface area (Å²) in [5.41, 5.74) is 5.73. The van der Waals surface area contributed by atoms with Crippen LogP contribution in [0.15, 0.2) is 84.4 Å². The standard InChI is InChI=1S/C41H48N10O7/c1-26(55-2)36(44-25-58-57-4)40(53)51-21-6-9-35(51)38-43-23-32(47-38)30-16-12-28(13-17-30)27-10-14-29(15-11-27)31-22-42-37(46-31)34-8-5-20-50(34)39(52)33(48-41(54)56-3)24-49-19-7-18-45-49/h7,10-19,22-23,25-26,33-36H,5-6,8-9,20-21,24H2,1-4H3,(H,42,46)(H,43,47)(H,48,54)/t26-,33+,34+,35+,36+/m1/s1. The fourth-order valence-electron chi connectivity index (χ4n) is 7.62. The third-order valence-corrected chi connectivity index (χ3v) is 10.8. The second-order valence-corrected chi connectivity index (χ2v) is 14.2. The van der Waals surface area contributed by atoms with Crippen molar-refractivity contribution >= 4 is 24.3 Å². The molecule has 3 aromatic heterocycles. The van der Waals surface area contributed by atoms with E-state index in [1.54, 1.807) is 59.4 Å². The van der Waals surface area contributed by atoms with E-state index in [0.29, 0.717) is 18.9 Å². The predicted molar refractivity (Wildman–Crippen MR) is 213 cm³/mol. The molecular formula is C41H48N10O7. The van der Waals surface area contributed by atoms with Gasteiger partial charge in [0.05, 0.1) is 62.7 Å². The maximum atomic E-state index is 13.8. The van der Waals surface area contributed by atoms with Crippen LogP contribution in [0.2, 0.25) is 0 Å². The number of hydrogen-bond donors (Lipinski definition) is 3. The molecule has 0 saturated carbocycles. The first-order valence-electron chi connectivity index (χ1n) is 19.3. The predicted octanol–water partition coefficient (Wildman–Crippen LogP) is 5.09. The first-order valence-corrected chi connectivity index (χ1v) is 19.3. The molecule has 17 heteroatoms. The molecule has 2 aliphatic rings. The number of imidazole rings is 2. The topological polar surface area (TPSA) is 194 Å². The van der Waals surface area contributed by atoms with Crippen molar-refractivity contribution in [2.45, 2.75) is 69.4 Å². The van der Waals surface area contributed by atoms with Crippen molar-refractivity contribution < 1.29 is 33.6 Å². The first-order chi connectivity index (χ1) is 28.3. The number of nitrogens with zero attached hydrogens (tertiary/aromatic N) is 7. The van der Waals surface area contributed by atoms with Crippen molar-refractivity contribution in [1.82, 2.24) is 44.8 Å². The Labute approximate surface area is 335 Å². The highest BCUT2D eigenvalue weighted by Crippen LogP contribution is 2.35. The Hall–Kier alpha value is -6.33. The summed E-state index contributed by atoms with van der Waals surface area (Å²) >= 11 is 0. The molecule has 0 spiro atoms. The van der Waals surface area contributed by atoms with Gasteiger partial charge < -0.3 is 39.4 Å². The van der Waals surface area contributed by atoms with Crippen LogP contribution in [-0.2, 0) is 35.4 Å². The fraction of sp³-hybridized carbons (Fsp3) is 0.390. The molecule has 2 saturated heterocycles. The fourth-order valence-corrected chi connectivity index (χ4v) is 7.62. The lowest BCUT2D eigenvalue weighted by Gasteiger charge is -2.28. The second-order valence-electron chi connectivity index (χ2n) is 14.2. The summed E-state index contributed by atoms with van der Waals surface area (Å²) in [7, 11) is 4.18. The molecule has 5 heterocycles. The number of ether oxygens (including phenoxy) is 2. The van der Waals surface area contributed by atoms with Crippen molar-refractivity contribution in [3.05, 3.63) is 91.0 Å². The lowest BCUT2D eigenvalue weighted by Crippen LogP contribution is -2.50. The SMILES string of the molecule is COOC=N[C@H](C(=O)N1CCC[C@H]1c1ncc(-c2ccc(-c3ccc(-c4cnc([C@@H]5CCCN5C(=O)[C@H](Cn5cccn5)NC(=O)OC)[nH]4)cc3)cc2)[nH]1)[C@@H](C)OC. The molecule has 304 valence electrons. The Morgan fingerprint density at radius 2 is 1.40 bits per heavy atom. The van der Waals surface area contributed by atoms with E-state index in [-0.39, 0.29) is 30.4 Å². The molecule has 17 nitrogen and oxygen atoms in total. The molecule has 0 radical (unpaired) electrons. The smallest absolute Gasteiger partial charge is 0.407 e. The number of benzene rings is 2. The summed E-state index contributed by atoms with van der Waals surface area (Å²) in [6, 6.07) is 16.1. The molecule has 3 amide bonds. The molecule has 3 N–H and O–H groups in total. The van der Waals surface area contributed by atoms with Gasteiger partial charge in [0.15, 0.2) is 6.04 Å². The van der Waals surface area contributed by atoms with Gasteiger partial charge in [-0.3, -0.25) is 14.3 Å². The highest BCUT2D eigenvalue weighted by Gasteiger charge is 2.38. The van der Waals surface area contributed by atoms with Crippen LogP contribution in [-0.4, -0.2) is 116 Å². The van der Waals surface area contributed by atoms with Crippen molar-refractivity contribution in [2.75, 3.05) is 34.4 Å². The Morgan fingerprint density at radius 3 is 1.90 bits per heavy atom. The van der Waals surface area contributed by atoms with Gasteiger partial charge >= 0.3 is 6.09 Å². The number of nitrogens with one attached hydrogen (secondary N) is 3. The molecule has 0 unspecified atom stereocenters. The van der Waals surface area contributed by atoms with Gasteiger partial charge in [-0.05, 0) is 60.9 Å². The van der Waals surface area contributed by atoms with Crippen LogP contribution in [0, 0.1) is 0 Å². The summed E-state index contributed by atoms with van der Waals surface area (Å²) in [5, 5.41) is 6.87. The minimum Gasteiger partial charge on any atom is -0.453 e. The third-order valence-electron chi connectivity index (χ3n) is 10.8. The highest BCUT2D eigenvalue weighted by molar-refractivity contribution is 5.86. The molecule has 2 fully saturated rings. The van der Waals surface area contributed by atoms with Crippen LogP contribution in [0.3, 0.4) is 0 Å². The number of likely N-dealkylation sites (tertiary alicyclic amines) is 2. The minimum absolute atomic E-state index is 0.163. The Bertz CT molecular complexity index is 2170. The minimum atomic E-state index is -0.853. The van der Waals surface area contributed by atoms with Gasteiger partial charge in [-0.25, -0.2) is 19.8 Å². The van der Waals surface area contributed by atoms with E-state index in [4.69, 9.17) is 14.4 Å². The molecule has 5 atom stereocenters. The van der Waals surface area contributed by atoms with E-state index in [1.165, 1.54) is 14.2 Å². The van der Waals surface area contributed by atoms with Gasteiger partial charge in [0.2, 0.25) is 12.3 Å². The average molecular weight is 793 g/mol. The maximum absolute atomic E-state index is 13.8. The highest BCUT2D eigenvalue weighted by atomic mass is 17.2. The molecule has 0 bridgehead atoms. The number of rotatable bonds is 15. The van der Waals surface area contributed by atoms with Gasteiger partial charge in [-0.2, -0.15) is 9.99 Å². The van der Waals surface area contributed by atoms with Gasteiger partial charge in [0.1, 0.15) is 17.7 Å². The van der Waals surface area contributed by atoms with E-state index in [0.717, 1.165) is 71.6 Å². The van der Waals surface area contributed by atoms with Gasteiger partial charge in [-0.15, -0.1) is 0 Å². The number of hydrogen-bond acceptors (Lipinski definition) is 11. The zero-order valence-electron chi connectivity index (χ0n) is 32.9. The Balaban J connectivity index is 0.998. The summed E-state index contributed by atoms with van der Waals surface area (Å²) in [6.45, 7) is 3.11. The molecular weight excluding hydrogens is 745 g/mol.